The molecule has 2 aliphatic rings. The van der Waals surface area contributed by atoms with Gasteiger partial charge in [0.2, 0.25) is 0 Å². The molecule has 150 valence electrons. The Balaban J connectivity index is 1.36. The van der Waals surface area contributed by atoms with E-state index in [2.05, 4.69) is 5.32 Å². The van der Waals surface area contributed by atoms with Gasteiger partial charge < -0.3 is 14.8 Å². The first-order chi connectivity index (χ1) is 13.3. The summed E-state index contributed by atoms with van der Waals surface area (Å²) >= 11 is 0. The van der Waals surface area contributed by atoms with E-state index in [-0.39, 0.29) is 17.8 Å². The third-order valence-electron chi connectivity index (χ3n) is 5.51. The zero-order valence-corrected chi connectivity index (χ0v) is 15.1. The molecule has 0 saturated carbocycles. The molecule has 1 spiro atoms. The van der Waals surface area contributed by atoms with E-state index < -0.39 is 17.5 Å². The standard InChI is InChI=1S/C21H21F4NO2/c22-18-6-4-14(5-7-18)19-12-28-20(13-26-19)9-8-16(11-27-20)15-2-1-3-17(10-15)21(23,24)25/h1-7,10,16,19,26H,8-9,11-13H2/t16-,19-,20?/m1/s1. The van der Waals surface area contributed by atoms with Crippen molar-refractivity contribution in [1.29, 1.82) is 0 Å². The van der Waals surface area contributed by atoms with Crippen LogP contribution >= 0.6 is 0 Å². The molecule has 2 saturated heterocycles. The van der Waals surface area contributed by atoms with Crippen LogP contribution in [0, 0.1) is 5.82 Å². The van der Waals surface area contributed by atoms with Gasteiger partial charge in [-0.15, -0.1) is 0 Å². The van der Waals surface area contributed by atoms with Crippen molar-refractivity contribution >= 4 is 0 Å². The summed E-state index contributed by atoms with van der Waals surface area (Å²) in [5.41, 5.74) is 0.939. The van der Waals surface area contributed by atoms with Gasteiger partial charge in [0.15, 0.2) is 5.79 Å². The quantitative estimate of drug-likeness (QED) is 0.742. The summed E-state index contributed by atoms with van der Waals surface area (Å²) in [6.45, 7) is 1.18. The van der Waals surface area contributed by atoms with Crippen LogP contribution in [-0.4, -0.2) is 25.5 Å². The number of morpholine rings is 1. The predicted molar refractivity (Wildman–Crippen MR) is 95.2 cm³/mol. The second-order valence-electron chi connectivity index (χ2n) is 7.38. The van der Waals surface area contributed by atoms with Crippen molar-refractivity contribution in [3.63, 3.8) is 0 Å². The third kappa shape index (κ3) is 4.06. The second-order valence-corrected chi connectivity index (χ2v) is 7.38. The summed E-state index contributed by atoms with van der Waals surface area (Å²) < 4.78 is 63.9. The molecule has 0 aromatic heterocycles. The maximum Gasteiger partial charge on any atom is 0.416 e. The normalized spacial score (nSPS) is 28.4. The van der Waals surface area contributed by atoms with Gasteiger partial charge in [-0.05, 0) is 35.7 Å². The molecular formula is C21H21F4NO2. The van der Waals surface area contributed by atoms with Gasteiger partial charge in [-0.1, -0.05) is 30.3 Å². The van der Waals surface area contributed by atoms with Crippen molar-refractivity contribution in [3.05, 3.63) is 71.0 Å². The minimum absolute atomic E-state index is 0.0454. The molecular weight excluding hydrogens is 374 g/mol. The largest absolute Gasteiger partial charge is 0.416 e. The van der Waals surface area contributed by atoms with E-state index in [1.165, 1.54) is 24.3 Å². The summed E-state index contributed by atoms with van der Waals surface area (Å²) in [7, 11) is 0. The van der Waals surface area contributed by atoms with E-state index in [1.54, 1.807) is 18.2 Å². The van der Waals surface area contributed by atoms with Crippen molar-refractivity contribution in [2.24, 2.45) is 0 Å². The highest BCUT2D eigenvalue weighted by atomic mass is 19.4. The molecule has 2 aromatic rings. The lowest BCUT2D eigenvalue weighted by molar-refractivity contribution is -0.273. The van der Waals surface area contributed by atoms with E-state index in [0.29, 0.717) is 38.2 Å². The Morgan fingerprint density at radius 1 is 0.964 bits per heavy atom. The van der Waals surface area contributed by atoms with Crippen molar-refractivity contribution in [2.75, 3.05) is 19.8 Å². The Morgan fingerprint density at radius 2 is 1.71 bits per heavy atom. The maximum absolute atomic E-state index is 13.1. The zero-order valence-electron chi connectivity index (χ0n) is 15.1. The SMILES string of the molecule is Fc1ccc([C@H]2COC3(CC[C@@H](c4cccc(C(F)(F)F)c4)CO3)CN2)cc1. The van der Waals surface area contributed by atoms with Crippen LogP contribution in [0.3, 0.4) is 0 Å². The zero-order chi connectivity index (χ0) is 19.8. The van der Waals surface area contributed by atoms with Crippen LogP contribution in [0.15, 0.2) is 48.5 Å². The van der Waals surface area contributed by atoms with Crippen LogP contribution in [0.1, 0.15) is 41.5 Å². The molecule has 28 heavy (non-hydrogen) atoms. The molecule has 3 atom stereocenters. The van der Waals surface area contributed by atoms with Crippen LogP contribution < -0.4 is 5.32 Å². The summed E-state index contributed by atoms with van der Waals surface area (Å²) in [5, 5.41) is 3.38. The monoisotopic (exact) mass is 395 g/mol. The van der Waals surface area contributed by atoms with Gasteiger partial charge in [0, 0.05) is 12.3 Å². The summed E-state index contributed by atoms with van der Waals surface area (Å²) in [6, 6.07) is 11.7. The highest BCUT2D eigenvalue weighted by Crippen LogP contribution is 2.38. The molecule has 2 fully saturated rings. The van der Waals surface area contributed by atoms with Crippen molar-refractivity contribution in [1.82, 2.24) is 5.32 Å². The molecule has 2 heterocycles. The van der Waals surface area contributed by atoms with Gasteiger partial charge in [0.25, 0.3) is 0 Å². The number of hydrogen-bond donors (Lipinski definition) is 1. The molecule has 0 aliphatic carbocycles. The Bertz CT molecular complexity index is 804. The first-order valence-electron chi connectivity index (χ1n) is 9.29. The van der Waals surface area contributed by atoms with Gasteiger partial charge in [-0.3, -0.25) is 0 Å². The lowest BCUT2D eigenvalue weighted by Gasteiger charge is -2.44. The average molecular weight is 395 g/mol. The van der Waals surface area contributed by atoms with Crippen LogP contribution in [-0.2, 0) is 15.7 Å². The molecule has 1 N–H and O–H groups in total. The van der Waals surface area contributed by atoms with Gasteiger partial charge >= 0.3 is 6.18 Å². The number of halogens is 4. The number of nitrogens with one attached hydrogen (secondary N) is 1. The molecule has 2 aliphatic heterocycles. The van der Waals surface area contributed by atoms with E-state index in [0.717, 1.165) is 11.6 Å². The lowest BCUT2D eigenvalue weighted by Crippen LogP contribution is -2.54. The first kappa shape index (κ1) is 19.4. The molecule has 2 aromatic carbocycles. The maximum atomic E-state index is 13.1. The van der Waals surface area contributed by atoms with Gasteiger partial charge in [-0.25, -0.2) is 4.39 Å². The molecule has 0 amide bonds. The molecule has 4 rings (SSSR count). The Morgan fingerprint density at radius 3 is 2.32 bits per heavy atom. The molecule has 0 bridgehead atoms. The molecule has 1 unspecified atom stereocenters. The van der Waals surface area contributed by atoms with Crippen LogP contribution in [0.5, 0.6) is 0 Å². The second kappa shape index (κ2) is 7.46. The molecule has 7 heteroatoms. The minimum atomic E-state index is -4.35. The topological polar surface area (TPSA) is 30.5 Å². The lowest BCUT2D eigenvalue weighted by atomic mass is 9.88. The van der Waals surface area contributed by atoms with Crippen LogP contribution in [0.2, 0.25) is 0 Å². The third-order valence-corrected chi connectivity index (χ3v) is 5.51. The number of alkyl halides is 3. The summed E-state index contributed by atoms with van der Waals surface area (Å²) in [6.07, 6.45) is -3.07. The minimum Gasteiger partial charge on any atom is -0.348 e. The van der Waals surface area contributed by atoms with E-state index in [4.69, 9.17) is 9.47 Å². The smallest absolute Gasteiger partial charge is 0.348 e. The average Bonchev–Trinajstić information content (AvgIpc) is 2.69. The highest BCUT2D eigenvalue weighted by molar-refractivity contribution is 5.29. The van der Waals surface area contributed by atoms with Crippen molar-refractivity contribution in [2.45, 2.75) is 36.8 Å². The molecule has 0 radical (unpaired) electrons. The van der Waals surface area contributed by atoms with E-state index in [9.17, 15) is 17.6 Å². The number of rotatable bonds is 2. The van der Waals surface area contributed by atoms with Crippen molar-refractivity contribution < 1.29 is 27.0 Å². The number of hydrogen-bond acceptors (Lipinski definition) is 3. The van der Waals surface area contributed by atoms with E-state index in [1.807, 2.05) is 0 Å². The molecule has 3 nitrogen and oxygen atoms in total. The summed E-state index contributed by atoms with van der Waals surface area (Å²) in [5.74, 6) is -1.13. The summed E-state index contributed by atoms with van der Waals surface area (Å²) in [4.78, 5) is 0. The van der Waals surface area contributed by atoms with Gasteiger partial charge in [0.05, 0.1) is 31.4 Å². The number of ether oxygens (including phenoxy) is 2. The van der Waals surface area contributed by atoms with Crippen LogP contribution in [0.25, 0.3) is 0 Å². The Kier molecular flexibility index (Phi) is 5.16. The van der Waals surface area contributed by atoms with Crippen LogP contribution in [0.4, 0.5) is 17.6 Å². The van der Waals surface area contributed by atoms with Gasteiger partial charge in [-0.2, -0.15) is 13.2 Å². The Labute approximate surface area is 160 Å². The van der Waals surface area contributed by atoms with E-state index >= 15 is 0 Å². The fourth-order valence-electron chi connectivity index (χ4n) is 3.82. The number of benzene rings is 2. The van der Waals surface area contributed by atoms with Gasteiger partial charge in [0.1, 0.15) is 5.82 Å². The highest BCUT2D eigenvalue weighted by Gasteiger charge is 2.42. The predicted octanol–water partition coefficient (Wildman–Crippen LogP) is 4.80. The van der Waals surface area contributed by atoms with Crippen molar-refractivity contribution in [3.8, 4) is 0 Å². The first-order valence-corrected chi connectivity index (χ1v) is 9.29. The Hall–Kier alpha value is -1.96. The fourth-order valence-corrected chi connectivity index (χ4v) is 3.82. The fraction of sp³-hybridized carbons (Fsp3) is 0.429.